The number of carbonyl (C=O) groups excluding carboxylic acids is 2. The van der Waals surface area contributed by atoms with E-state index in [0.717, 1.165) is 7.14 Å². The van der Waals surface area contributed by atoms with Crippen molar-refractivity contribution in [1.29, 1.82) is 0 Å². The number of rotatable bonds is 5. The molecule has 7 nitrogen and oxygen atoms in total. The third kappa shape index (κ3) is 5.22. The number of hydrogen-bond donors (Lipinski definition) is 1. The summed E-state index contributed by atoms with van der Waals surface area (Å²) in [4.78, 5) is 23.4. The van der Waals surface area contributed by atoms with Crippen molar-refractivity contribution in [3.63, 3.8) is 0 Å². The van der Waals surface area contributed by atoms with Crippen LogP contribution in [-0.2, 0) is 19.6 Å². The molecule has 4 rings (SSSR count). The molecule has 0 spiro atoms. The normalized spacial score (nSPS) is 23.1. The lowest BCUT2D eigenvalue weighted by atomic mass is 9.86. The van der Waals surface area contributed by atoms with E-state index < -0.39 is 73.9 Å². The van der Waals surface area contributed by atoms with Crippen LogP contribution >= 0.6 is 67.8 Å². The van der Waals surface area contributed by atoms with Gasteiger partial charge in [0.05, 0.1) is 11.5 Å². The number of hydrogen-bond acceptors (Lipinski definition) is 6. The molecule has 15 heteroatoms. The Balaban J connectivity index is 1.54. The Kier molecular flexibility index (Phi) is 8.15. The zero-order valence-electron chi connectivity index (χ0n) is 17.5. The first-order valence-corrected chi connectivity index (χ1v) is 14.8. The molecule has 4 unspecified atom stereocenters. The minimum absolute atomic E-state index is 0.0504. The van der Waals surface area contributed by atoms with Crippen LogP contribution in [0.5, 0.6) is 5.75 Å². The van der Waals surface area contributed by atoms with Crippen molar-refractivity contribution in [3.8, 4) is 5.75 Å². The number of ether oxygens (including phenoxy) is 2. The van der Waals surface area contributed by atoms with Crippen molar-refractivity contribution in [3.05, 3.63) is 51.7 Å². The predicted molar refractivity (Wildman–Crippen MR) is 140 cm³/mol. The van der Waals surface area contributed by atoms with E-state index in [4.69, 9.17) is 9.29 Å². The molecule has 2 aromatic carbocycles. The molecule has 1 N–H and O–H groups in total. The molecule has 0 saturated heterocycles. The number of halogens is 7. The molecule has 0 aromatic heterocycles. The van der Waals surface area contributed by atoms with Gasteiger partial charge >= 0.3 is 22.1 Å². The van der Waals surface area contributed by atoms with Gasteiger partial charge in [-0.25, -0.2) is 13.6 Å². The first kappa shape index (κ1) is 28.2. The van der Waals surface area contributed by atoms with Crippen LogP contribution in [0.1, 0.15) is 29.6 Å². The molecule has 2 fully saturated rings. The van der Waals surface area contributed by atoms with E-state index in [-0.39, 0.29) is 12.3 Å². The standard InChI is InChI=1S/C21H13F4I3O7S/c22-13-15(24)19(36(31,32)33)16(25)14(23)18(13)35-20(29)9-2-6-1-8(9)12(3-6)34-21(30)10-4-7(26)5-11(27)17(10)28/h4-6,8-9,12H,1-3H2,(H,31,32,33). The Morgan fingerprint density at radius 2 is 1.56 bits per heavy atom. The summed E-state index contributed by atoms with van der Waals surface area (Å²) in [5, 5.41) is 0. The molecular weight excluding hydrogens is 853 g/mol. The molecule has 2 saturated carbocycles. The highest BCUT2D eigenvalue weighted by Gasteiger charge is 2.52. The second kappa shape index (κ2) is 10.4. The molecule has 4 atom stereocenters. The Bertz CT molecular complexity index is 1370. The Labute approximate surface area is 242 Å². The zero-order chi connectivity index (χ0) is 26.7. The van der Waals surface area contributed by atoms with Gasteiger partial charge in [0.1, 0.15) is 6.10 Å². The number of benzene rings is 2. The molecule has 2 bridgehead atoms. The Hall–Kier alpha value is -0.800. The van der Waals surface area contributed by atoms with Crippen molar-refractivity contribution < 1.29 is 49.6 Å². The van der Waals surface area contributed by atoms with Crippen LogP contribution in [0.15, 0.2) is 17.0 Å². The van der Waals surface area contributed by atoms with Crippen molar-refractivity contribution in [2.45, 2.75) is 30.3 Å². The number of fused-ring (bicyclic) bond motifs is 2. The van der Waals surface area contributed by atoms with E-state index in [1.165, 1.54) is 0 Å². The summed E-state index contributed by atoms with van der Waals surface area (Å²) in [6, 6.07) is 3.55. The van der Waals surface area contributed by atoms with Crippen LogP contribution in [0.4, 0.5) is 17.6 Å². The molecule has 36 heavy (non-hydrogen) atoms. The van der Waals surface area contributed by atoms with Gasteiger partial charge in [0.15, 0.2) is 16.5 Å². The highest BCUT2D eigenvalue weighted by molar-refractivity contribution is 14.1. The third-order valence-corrected chi connectivity index (χ3v) is 10.7. The minimum atomic E-state index is -5.65. The third-order valence-electron chi connectivity index (χ3n) is 6.17. The molecule has 0 aliphatic heterocycles. The summed E-state index contributed by atoms with van der Waals surface area (Å²) in [6.45, 7) is 0. The van der Waals surface area contributed by atoms with Crippen molar-refractivity contribution in [1.82, 2.24) is 0 Å². The average molecular weight is 866 g/mol. The molecule has 2 aromatic rings. The average Bonchev–Trinajstić information content (AvgIpc) is 3.37. The van der Waals surface area contributed by atoms with Gasteiger partial charge in [0, 0.05) is 16.6 Å². The summed E-state index contributed by atoms with van der Waals surface area (Å²) >= 11 is 6.17. The number of carbonyl (C=O) groups is 2. The van der Waals surface area contributed by atoms with Crippen molar-refractivity contribution in [2.75, 3.05) is 0 Å². The second-order valence-electron chi connectivity index (χ2n) is 8.35. The van der Waals surface area contributed by atoms with Gasteiger partial charge in [0.25, 0.3) is 0 Å². The van der Waals surface area contributed by atoms with E-state index in [1.807, 2.05) is 28.7 Å². The minimum Gasteiger partial charge on any atom is -0.458 e. The monoisotopic (exact) mass is 866 g/mol. The smallest absolute Gasteiger partial charge is 0.339 e. The van der Waals surface area contributed by atoms with Gasteiger partial charge < -0.3 is 9.47 Å². The van der Waals surface area contributed by atoms with Gasteiger partial charge in [-0.3, -0.25) is 9.35 Å². The summed E-state index contributed by atoms with van der Waals surface area (Å²) in [5.74, 6) is -14.6. The van der Waals surface area contributed by atoms with Crippen LogP contribution in [0.3, 0.4) is 0 Å². The lowest BCUT2D eigenvalue weighted by molar-refractivity contribution is -0.143. The Morgan fingerprint density at radius 1 is 0.944 bits per heavy atom. The molecule has 0 radical (unpaired) electrons. The maximum absolute atomic E-state index is 14.3. The van der Waals surface area contributed by atoms with Crippen LogP contribution < -0.4 is 4.74 Å². The topological polar surface area (TPSA) is 107 Å². The van der Waals surface area contributed by atoms with E-state index >= 15 is 0 Å². The molecule has 0 heterocycles. The van der Waals surface area contributed by atoms with E-state index in [0.29, 0.717) is 22.0 Å². The maximum Gasteiger partial charge on any atom is 0.339 e. The van der Waals surface area contributed by atoms with Gasteiger partial charge in [-0.05, 0) is 105 Å². The SMILES string of the molecule is O=C(OC1CC2CC(C(=O)Oc3c(F)c(F)c(S(=O)(=O)O)c(F)c3F)C1C2)c1cc(I)cc(I)c1I. The molecule has 194 valence electrons. The summed E-state index contributed by atoms with van der Waals surface area (Å²) < 4.78 is 100. The van der Waals surface area contributed by atoms with Crippen LogP contribution in [0.2, 0.25) is 0 Å². The van der Waals surface area contributed by atoms with Crippen molar-refractivity contribution >= 4 is 89.8 Å². The fourth-order valence-corrected chi connectivity index (χ4v) is 7.69. The second-order valence-corrected chi connectivity index (χ2v) is 13.2. The fraction of sp³-hybridized carbons (Fsp3) is 0.333. The summed E-state index contributed by atoms with van der Waals surface area (Å²) in [6.07, 6.45) is 0.485. The molecule has 2 aliphatic rings. The fourth-order valence-electron chi connectivity index (χ4n) is 4.68. The lowest BCUT2D eigenvalue weighted by Gasteiger charge is -2.28. The molecular formula is C21H13F4I3O7S. The highest BCUT2D eigenvalue weighted by Crippen LogP contribution is 2.50. The lowest BCUT2D eigenvalue weighted by Crippen LogP contribution is -2.36. The van der Waals surface area contributed by atoms with Gasteiger partial charge in [0.2, 0.25) is 17.4 Å². The van der Waals surface area contributed by atoms with Gasteiger partial charge in [-0.2, -0.15) is 17.2 Å². The summed E-state index contributed by atoms with van der Waals surface area (Å²) in [7, 11) is -5.65. The summed E-state index contributed by atoms with van der Waals surface area (Å²) in [5.41, 5.74) is 0.350. The van der Waals surface area contributed by atoms with Crippen molar-refractivity contribution in [2.24, 2.45) is 17.8 Å². The largest absolute Gasteiger partial charge is 0.458 e. The highest BCUT2D eigenvalue weighted by atomic mass is 127. The predicted octanol–water partition coefficient (Wildman–Crippen LogP) is 5.48. The van der Waals surface area contributed by atoms with E-state index in [2.05, 4.69) is 49.9 Å². The van der Waals surface area contributed by atoms with Crippen LogP contribution in [0, 0.1) is 51.7 Å². The quantitative estimate of drug-likeness (QED) is 0.106. The maximum atomic E-state index is 14.3. The van der Waals surface area contributed by atoms with E-state index in [1.54, 1.807) is 6.07 Å². The first-order valence-electron chi connectivity index (χ1n) is 10.1. The van der Waals surface area contributed by atoms with Crippen LogP contribution in [-0.4, -0.2) is 31.0 Å². The zero-order valence-corrected chi connectivity index (χ0v) is 24.8. The molecule has 0 amide bonds. The first-order chi connectivity index (χ1) is 16.7. The van der Waals surface area contributed by atoms with Gasteiger partial charge in [-0.15, -0.1) is 0 Å². The van der Waals surface area contributed by atoms with E-state index in [9.17, 15) is 35.6 Å². The Morgan fingerprint density at radius 3 is 2.11 bits per heavy atom. The van der Waals surface area contributed by atoms with Crippen LogP contribution in [0.25, 0.3) is 0 Å². The van der Waals surface area contributed by atoms with Gasteiger partial charge in [-0.1, -0.05) is 0 Å². The number of esters is 2. The molecule has 2 aliphatic carbocycles.